The molecule has 0 aromatic rings. The van der Waals surface area contributed by atoms with Crippen molar-refractivity contribution < 1.29 is 9.90 Å². The van der Waals surface area contributed by atoms with Crippen molar-refractivity contribution in [3.63, 3.8) is 0 Å². The summed E-state index contributed by atoms with van der Waals surface area (Å²) in [5.41, 5.74) is 5.21. The van der Waals surface area contributed by atoms with Crippen molar-refractivity contribution >= 4 is 20.9 Å². The summed E-state index contributed by atoms with van der Waals surface area (Å²) in [6.07, 6.45) is 0.617. The van der Waals surface area contributed by atoms with Gasteiger partial charge in [0.25, 0.3) is 0 Å². The van der Waals surface area contributed by atoms with Gasteiger partial charge in [0, 0.05) is 0 Å². The van der Waals surface area contributed by atoms with E-state index < -0.39 is 12.0 Å². The van der Waals surface area contributed by atoms with Crippen LogP contribution in [0.2, 0.25) is 11.1 Å². The van der Waals surface area contributed by atoms with Crippen LogP contribution in [0.25, 0.3) is 0 Å². The molecule has 0 saturated heterocycles. The summed E-state index contributed by atoms with van der Waals surface area (Å²) in [7, 11) is 0. The molecule has 0 spiro atoms. The first-order chi connectivity index (χ1) is 4.18. The van der Waals surface area contributed by atoms with Crippen molar-refractivity contribution in [2.24, 2.45) is 5.73 Å². The number of carboxylic acids is 1. The van der Waals surface area contributed by atoms with E-state index in [0.29, 0.717) is 21.4 Å². The number of hydrogen-bond donors (Lipinski definition) is 2. The molecule has 0 aliphatic heterocycles. The van der Waals surface area contributed by atoms with Crippen LogP contribution in [0.4, 0.5) is 0 Å². The predicted octanol–water partition coefficient (Wildman–Crippen LogP) is -0.0410. The van der Waals surface area contributed by atoms with Crippen LogP contribution in [0.3, 0.4) is 0 Å². The molecule has 3 N–H and O–H groups in total. The SMILES string of the molecule is [13CH3][Se]CCC(N)C(=O)O. The van der Waals surface area contributed by atoms with Crippen molar-refractivity contribution in [3.8, 4) is 0 Å². The summed E-state index contributed by atoms with van der Waals surface area (Å²) in [6, 6.07) is -0.646. The van der Waals surface area contributed by atoms with E-state index >= 15 is 0 Å². The second-order valence-electron chi connectivity index (χ2n) is 1.73. The molecule has 0 aliphatic carbocycles. The molecule has 1 atom stereocenters. The van der Waals surface area contributed by atoms with Gasteiger partial charge in [-0.15, -0.1) is 0 Å². The summed E-state index contributed by atoms with van der Waals surface area (Å²) >= 11 is 0.549. The fraction of sp³-hybridized carbons (Fsp3) is 0.800. The van der Waals surface area contributed by atoms with Crippen LogP contribution in [0, 0.1) is 0 Å². The van der Waals surface area contributed by atoms with E-state index in [1.54, 1.807) is 0 Å². The average molecular weight is 197 g/mol. The van der Waals surface area contributed by atoms with E-state index in [2.05, 4.69) is 5.82 Å². The van der Waals surface area contributed by atoms with Gasteiger partial charge in [-0.2, -0.15) is 0 Å². The molecule has 0 aromatic carbocycles. The molecule has 0 heterocycles. The number of aliphatic carboxylic acids is 1. The van der Waals surface area contributed by atoms with Crippen LogP contribution >= 0.6 is 0 Å². The molecule has 54 valence electrons. The van der Waals surface area contributed by atoms with E-state index in [9.17, 15) is 4.79 Å². The third-order valence-electron chi connectivity index (χ3n) is 0.950. The zero-order valence-electron chi connectivity index (χ0n) is 5.33. The molecule has 0 amide bonds. The Bertz CT molecular complexity index is 97.0. The fourth-order valence-corrected chi connectivity index (χ4v) is 1.40. The molecule has 0 aliphatic rings. The maximum atomic E-state index is 10.1. The normalized spacial score (nSPS) is 13.1. The van der Waals surface area contributed by atoms with Gasteiger partial charge < -0.3 is 0 Å². The molecule has 0 fully saturated rings. The number of hydrogen-bond acceptors (Lipinski definition) is 2. The standard InChI is InChI=1S/C5H11NO2Se/c1-9-3-2-4(6)5(7)8/h4H,2-3,6H2,1H3,(H,7,8)/i1+1. The summed E-state index contributed by atoms with van der Waals surface area (Å²) in [6.45, 7) is 0. The Hall–Kier alpha value is -0.0505. The Kier molecular flexibility index (Phi) is 4.77. The summed E-state index contributed by atoms with van der Waals surface area (Å²) < 4.78 is 0. The van der Waals surface area contributed by atoms with Gasteiger partial charge in [-0.1, -0.05) is 0 Å². The Morgan fingerprint density at radius 2 is 2.44 bits per heavy atom. The Morgan fingerprint density at radius 1 is 1.89 bits per heavy atom. The van der Waals surface area contributed by atoms with Crippen LogP contribution < -0.4 is 5.73 Å². The van der Waals surface area contributed by atoms with E-state index in [1.165, 1.54) is 0 Å². The third-order valence-corrected chi connectivity index (χ3v) is 2.30. The third kappa shape index (κ3) is 4.45. The van der Waals surface area contributed by atoms with Crippen LogP contribution in [0.5, 0.6) is 0 Å². The van der Waals surface area contributed by atoms with Crippen molar-refractivity contribution in [1.29, 1.82) is 0 Å². The molecule has 0 saturated carbocycles. The van der Waals surface area contributed by atoms with Gasteiger partial charge in [0.2, 0.25) is 0 Å². The zero-order valence-corrected chi connectivity index (χ0v) is 7.05. The van der Waals surface area contributed by atoms with Gasteiger partial charge in [-0.3, -0.25) is 0 Å². The van der Waals surface area contributed by atoms with Crippen LogP contribution in [0.1, 0.15) is 6.42 Å². The number of carboxylic acid groups (broad SMARTS) is 1. The minimum atomic E-state index is -0.890. The van der Waals surface area contributed by atoms with Gasteiger partial charge >= 0.3 is 60.2 Å². The van der Waals surface area contributed by atoms with Gasteiger partial charge in [0.1, 0.15) is 0 Å². The van der Waals surface area contributed by atoms with Gasteiger partial charge in [0.15, 0.2) is 0 Å². The Labute approximate surface area is 60.8 Å². The van der Waals surface area contributed by atoms with Crippen molar-refractivity contribution in [1.82, 2.24) is 0 Å². The number of nitrogens with two attached hydrogens (primary N) is 1. The van der Waals surface area contributed by atoms with Gasteiger partial charge in [-0.05, 0) is 0 Å². The Morgan fingerprint density at radius 3 is 2.78 bits per heavy atom. The Balaban J connectivity index is 3.27. The maximum absolute atomic E-state index is 10.1. The van der Waals surface area contributed by atoms with Crippen molar-refractivity contribution in [2.75, 3.05) is 0 Å². The first-order valence-electron chi connectivity index (χ1n) is 2.65. The summed E-state index contributed by atoms with van der Waals surface area (Å²) in [4.78, 5) is 10.1. The van der Waals surface area contributed by atoms with E-state index in [4.69, 9.17) is 10.8 Å². The van der Waals surface area contributed by atoms with E-state index in [1.807, 2.05) is 0 Å². The summed E-state index contributed by atoms with van der Waals surface area (Å²) in [5.74, 6) is 1.18. The van der Waals surface area contributed by atoms with Crippen LogP contribution in [-0.2, 0) is 4.79 Å². The van der Waals surface area contributed by atoms with E-state index in [-0.39, 0.29) is 0 Å². The molecular formula is C5H11NO2Se. The van der Waals surface area contributed by atoms with Gasteiger partial charge in [0.05, 0.1) is 0 Å². The average Bonchev–Trinajstić information content (AvgIpc) is 1.82. The number of carbonyl (C=O) groups is 1. The van der Waals surface area contributed by atoms with Crippen LogP contribution in [-0.4, -0.2) is 32.1 Å². The van der Waals surface area contributed by atoms with Crippen LogP contribution in [0.15, 0.2) is 0 Å². The van der Waals surface area contributed by atoms with Crippen molar-refractivity contribution in [3.05, 3.63) is 0 Å². The second kappa shape index (κ2) is 4.79. The van der Waals surface area contributed by atoms with Gasteiger partial charge in [-0.25, -0.2) is 0 Å². The quantitative estimate of drug-likeness (QED) is 0.491. The molecule has 0 bridgehead atoms. The number of rotatable bonds is 4. The molecule has 9 heavy (non-hydrogen) atoms. The van der Waals surface area contributed by atoms with Crippen molar-refractivity contribution in [2.45, 2.75) is 23.6 Å². The molecule has 0 radical (unpaired) electrons. The fourth-order valence-electron chi connectivity index (χ4n) is 0.368. The molecule has 0 rings (SSSR count). The topological polar surface area (TPSA) is 63.3 Å². The molecule has 1 unspecified atom stereocenters. The van der Waals surface area contributed by atoms with E-state index in [0.717, 1.165) is 5.32 Å². The zero-order chi connectivity index (χ0) is 7.28. The monoisotopic (exact) mass is 198 g/mol. The first-order valence-corrected chi connectivity index (χ1v) is 5.58. The molecule has 4 heteroatoms. The second-order valence-corrected chi connectivity index (χ2v) is 3.79. The summed E-state index contributed by atoms with van der Waals surface area (Å²) in [5, 5.41) is 9.25. The minimum absolute atomic E-state index is 0.549. The molecular weight excluding hydrogens is 186 g/mol. The molecule has 3 nitrogen and oxygen atoms in total. The predicted molar refractivity (Wildman–Crippen MR) is 36.7 cm³/mol. The molecule has 0 aromatic heterocycles. The first kappa shape index (κ1) is 8.95.